The number of carbonyl (C=O) groups excluding carboxylic acids is 1. The molecule has 0 saturated carbocycles. The zero-order chi connectivity index (χ0) is 19.3. The number of alkyl carbamates (subject to hydrolysis) is 1. The molecule has 0 aromatic carbocycles. The van der Waals surface area contributed by atoms with Crippen molar-refractivity contribution < 1.29 is 18.3 Å². The van der Waals surface area contributed by atoms with E-state index in [2.05, 4.69) is 20.6 Å². The van der Waals surface area contributed by atoms with Gasteiger partial charge in [-0.25, -0.2) is 23.5 Å². The summed E-state index contributed by atoms with van der Waals surface area (Å²) >= 11 is 0. The molecule has 8 heteroatoms. The highest BCUT2D eigenvalue weighted by molar-refractivity contribution is 5.67. The Morgan fingerprint density at radius 1 is 1.08 bits per heavy atom. The van der Waals surface area contributed by atoms with Crippen molar-refractivity contribution in [1.82, 2.24) is 20.6 Å². The van der Waals surface area contributed by atoms with Gasteiger partial charge in [-0.1, -0.05) is 20.8 Å². The maximum Gasteiger partial charge on any atom is 0.407 e. The SMILES string of the molecule is CC(C)(C)OC(=O)NCC(F)(F)CNCc1cnc(C(C)(C)C)nc1. The number of alkyl halides is 2. The lowest BCUT2D eigenvalue weighted by Crippen LogP contribution is -2.44. The van der Waals surface area contributed by atoms with Gasteiger partial charge in [0, 0.05) is 29.9 Å². The second kappa shape index (κ2) is 8.03. The van der Waals surface area contributed by atoms with Gasteiger partial charge in [0.2, 0.25) is 0 Å². The molecule has 0 aliphatic carbocycles. The van der Waals surface area contributed by atoms with Crippen LogP contribution in [0, 0.1) is 0 Å². The summed E-state index contributed by atoms with van der Waals surface area (Å²) in [7, 11) is 0. The van der Waals surface area contributed by atoms with E-state index < -0.39 is 30.7 Å². The van der Waals surface area contributed by atoms with Crippen LogP contribution >= 0.6 is 0 Å². The number of carbonyl (C=O) groups is 1. The predicted molar refractivity (Wildman–Crippen MR) is 91.6 cm³/mol. The van der Waals surface area contributed by atoms with Crippen molar-refractivity contribution in [2.75, 3.05) is 13.1 Å². The molecule has 0 unspecified atom stereocenters. The summed E-state index contributed by atoms with van der Waals surface area (Å²) in [4.78, 5) is 19.9. The average molecular weight is 358 g/mol. The van der Waals surface area contributed by atoms with Gasteiger partial charge < -0.3 is 15.4 Å². The van der Waals surface area contributed by atoms with Gasteiger partial charge in [-0.3, -0.25) is 0 Å². The molecule has 0 spiro atoms. The van der Waals surface area contributed by atoms with Crippen LogP contribution in [0.4, 0.5) is 13.6 Å². The first-order valence-corrected chi connectivity index (χ1v) is 8.15. The first-order chi connectivity index (χ1) is 11.3. The molecule has 1 amide bonds. The van der Waals surface area contributed by atoms with Gasteiger partial charge in [-0.05, 0) is 20.8 Å². The number of rotatable bonds is 6. The van der Waals surface area contributed by atoms with E-state index in [1.165, 1.54) is 0 Å². The molecule has 0 atom stereocenters. The van der Waals surface area contributed by atoms with Crippen LogP contribution in [0.2, 0.25) is 0 Å². The zero-order valence-corrected chi connectivity index (χ0v) is 15.7. The third kappa shape index (κ3) is 8.72. The molecule has 0 aliphatic heterocycles. The van der Waals surface area contributed by atoms with Crippen LogP contribution in [-0.4, -0.2) is 40.7 Å². The first kappa shape index (κ1) is 21.2. The van der Waals surface area contributed by atoms with Gasteiger partial charge in [-0.15, -0.1) is 0 Å². The molecule has 0 bridgehead atoms. The van der Waals surface area contributed by atoms with Gasteiger partial charge >= 0.3 is 6.09 Å². The molecule has 1 aromatic rings. The van der Waals surface area contributed by atoms with E-state index in [1.54, 1.807) is 33.2 Å². The number of halogens is 2. The summed E-state index contributed by atoms with van der Waals surface area (Å²) in [5.74, 6) is -2.40. The van der Waals surface area contributed by atoms with Crippen molar-refractivity contribution in [2.24, 2.45) is 0 Å². The average Bonchev–Trinajstić information content (AvgIpc) is 2.43. The molecule has 0 fully saturated rings. The van der Waals surface area contributed by atoms with Crippen molar-refractivity contribution in [1.29, 1.82) is 0 Å². The van der Waals surface area contributed by atoms with Crippen LogP contribution < -0.4 is 10.6 Å². The van der Waals surface area contributed by atoms with Gasteiger partial charge in [0.1, 0.15) is 11.4 Å². The predicted octanol–water partition coefficient (Wildman–Crippen LogP) is 3.02. The Hall–Kier alpha value is -1.83. The minimum atomic E-state index is -3.09. The number of ether oxygens (including phenoxy) is 1. The summed E-state index contributed by atoms with van der Waals surface area (Å²) < 4.78 is 32.5. The Kier molecular flexibility index (Phi) is 6.82. The lowest BCUT2D eigenvalue weighted by atomic mass is 9.96. The molecule has 25 heavy (non-hydrogen) atoms. The summed E-state index contributed by atoms with van der Waals surface area (Å²) in [5.41, 5.74) is -0.174. The molecule has 2 N–H and O–H groups in total. The van der Waals surface area contributed by atoms with E-state index in [1.807, 2.05) is 20.8 Å². The van der Waals surface area contributed by atoms with Crippen molar-refractivity contribution >= 4 is 6.09 Å². The van der Waals surface area contributed by atoms with Crippen molar-refractivity contribution in [3.63, 3.8) is 0 Å². The number of nitrogens with one attached hydrogen (secondary N) is 2. The quantitative estimate of drug-likeness (QED) is 0.817. The minimum Gasteiger partial charge on any atom is -0.444 e. The number of hydrogen-bond acceptors (Lipinski definition) is 5. The highest BCUT2D eigenvalue weighted by Gasteiger charge is 2.30. The Morgan fingerprint density at radius 2 is 1.64 bits per heavy atom. The number of hydrogen-bond donors (Lipinski definition) is 2. The number of nitrogens with zero attached hydrogens (tertiary/aromatic N) is 2. The van der Waals surface area contributed by atoms with E-state index in [4.69, 9.17) is 4.74 Å². The van der Waals surface area contributed by atoms with E-state index in [9.17, 15) is 13.6 Å². The Labute approximate surface area is 147 Å². The molecule has 0 radical (unpaired) electrons. The molecule has 6 nitrogen and oxygen atoms in total. The second-order valence-corrected chi connectivity index (χ2v) is 7.98. The largest absolute Gasteiger partial charge is 0.444 e. The van der Waals surface area contributed by atoms with Crippen LogP contribution in [0.25, 0.3) is 0 Å². The highest BCUT2D eigenvalue weighted by Crippen LogP contribution is 2.17. The van der Waals surface area contributed by atoms with Crippen LogP contribution in [0.3, 0.4) is 0 Å². The number of amides is 1. The van der Waals surface area contributed by atoms with E-state index in [-0.39, 0.29) is 12.0 Å². The maximum atomic E-state index is 13.8. The summed E-state index contributed by atoms with van der Waals surface area (Å²) in [6.45, 7) is 9.83. The molecule has 1 aromatic heterocycles. The Balaban J connectivity index is 2.40. The lowest BCUT2D eigenvalue weighted by Gasteiger charge is -2.22. The van der Waals surface area contributed by atoms with Crippen LogP contribution in [0.1, 0.15) is 52.9 Å². The van der Waals surface area contributed by atoms with E-state index in [0.29, 0.717) is 11.4 Å². The van der Waals surface area contributed by atoms with Crippen molar-refractivity contribution in [3.8, 4) is 0 Å². The topological polar surface area (TPSA) is 76.1 Å². The third-order valence-corrected chi connectivity index (χ3v) is 2.98. The van der Waals surface area contributed by atoms with Gasteiger partial charge in [0.05, 0.1) is 13.1 Å². The zero-order valence-electron chi connectivity index (χ0n) is 15.7. The fraction of sp³-hybridized carbons (Fsp3) is 0.706. The van der Waals surface area contributed by atoms with Gasteiger partial charge in [0.15, 0.2) is 0 Å². The molecule has 1 rings (SSSR count). The summed E-state index contributed by atoms with van der Waals surface area (Å²) in [6.07, 6.45) is 2.38. The highest BCUT2D eigenvalue weighted by atomic mass is 19.3. The standard InChI is InChI=1S/C17H28F2N4O2/c1-15(2,3)13-21-8-12(9-22-13)7-20-10-17(18,19)11-23-14(24)25-16(4,5)6/h8-9,20H,7,10-11H2,1-6H3,(H,23,24). The normalized spacial score (nSPS) is 12.8. The summed E-state index contributed by atoms with van der Waals surface area (Å²) in [6, 6.07) is 0. The fourth-order valence-corrected chi connectivity index (χ4v) is 1.80. The molecule has 0 saturated heterocycles. The molecule has 1 heterocycles. The lowest BCUT2D eigenvalue weighted by molar-refractivity contribution is -0.00377. The van der Waals surface area contributed by atoms with Crippen molar-refractivity contribution in [3.05, 3.63) is 23.8 Å². The second-order valence-electron chi connectivity index (χ2n) is 7.98. The monoisotopic (exact) mass is 358 g/mol. The Morgan fingerprint density at radius 3 is 2.12 bits per heavy atom. The fourth-order valence-electron chi connectivity index (χ4n) is 1.80. The van der Waals surface area contributed by atoms with Crippen LogP contribution in [-0.2, 0) is 16.7 Å². The van der Waals surface area contributed by atoms with Crippen molar-refractivity contribution in [2.45, 2.75) is 65.0 Å². The molecule has 142 valence electrons. The van der Waals surface area contributed by atoms with E-state index >= 15 is 0 Å². The van der Waals surface area contributed by atoms with Gasteiger partial charge in [-0.2, -0.15) is 0 Å². The number of aromatic nitrogens is 2. The Bertz CT molecular complexity index is 563. The first-order valence-electron chi connectivity index (χ1n) is 8.15. The van der Waals surface area contributed by atoms with E-state index in [0.717, 1.165) is 0 Å². The van der Waals surface area contributed by atoms with Crippen LogP contribution in [0.15, 0.2) is 12.4 Å². The molecular formula is C17H28F2N4O2. The smallest absolute Gasteiger partial charge is 0.407 e. The van der Waals surface area contributed by atoms with Crippen LogP contribution in [0.5, 0.6) is 0 Å². The summed E-state index contributed by atoms with van der Waals surface area (Å²) in [5, 5.41) is 4.73. The maximum absolute atomic E-state index is 13.8. The molecule has 0 aliphatic rings. The third-order valence-electron chi connectivity index (χ3n) is 2.98. The minimum absolute atomic E-state index is 0.160. The van der Waals surface area contributed by atoms with Gasteiger partial charge in [0.25, 0.3) is 5.92 Å². The molecular weight excluding hydrogens is 330 g/mol.